The number of allylic oxidation sites excluding steroid dienone is 1. The number of halogens is 2. The Hall–Kier alpha value is -2.60. The van der Waals surface area contributed by atoms with E-state index in [1.165, 1.54) is 30.6 Å². The lowest BCUT2D eigenvalue weighted by atomic mass is 10.3. The van der Waals surface area contributed by atoms with Crippen molar-refractivity contribution in [3.63, 3.8) is 0 Å². The molecule has 1 aromatic heterocycles. The lowest BCUT2D eigenvalue weighted by molar-refractivity contribution is 0.628. The fourth-order valence-electron chi connectivity index (χ4n) is 2.59. The van der Waals surface area contributed by atoms with Gasteiger partial charge in [-0.15, -0.1) is 6.58 Å². The molecule has 0 saturated carbocycles. The molecule has 0 N–H and O–H groups in total. The lowest BCUT2D eigenvalue weighted by Crippen LogP contribution is -2.45. The van der Waals surface area contributed by atoms with Gasteiger partial charge in [0.25, 0.3) is 0 Å². The van der Waals surface area contributed by atoms with Gasteiger partial charge in [0.2, 0.25) is 0 Å². The summed E-state index contributed by atoms with van der Waals surface area (Å²) in [5, 5.41) is 7.16. The summed E-state index contributed by atoms with van der Waals surface area (Å²) in [5.41, 5.74) is 0. The zero-order valence-electron chi connectivity index (χ0n) is 12.4. The van der Waals surface area contributed by atoms with E-state index in [1.807, 2.05) is 0 Å². The van der Waals surface area contributed by atoms with Crippen LogP contribution in [0.5, 0.6) is 0 Å². The van der Waals surface area contributed by atoms with Crippen LogP contribution in [0.4, 0.5) is 8.78 Å². The largest absolute Gasteiger partial charge is 0.249 e. The molecule has 0 spiro atoms. The van der Waals surface area contributed by atoms with Crippen LogP contribution >= 0.6 is 0 Å². The van der Waals surface area contributed by atoms with Crippen LogP contribution in [0.15, 0.2) is 73.0 Å². The summed E-state index contributed by atoms with van der Waals surface area (Å²) in [6.07, 6.45) is 3.10. The van der Waals surface area contributed by atoms with E-state index in [2.05, 4.69) is 16.7 Å². The molecule has 0 aliphatic carbocycles. The van der Waals surface area contributed by atoms with Gasteiger partial charge in [0.1, 0.15) is 33.1 Å². The van der Waals surface area contributed by atoms with E-state index in [-0.39, 0.29) is 11.6 Å². The second kappa shape index (κ2) is 6.66. The molecule has 0 atom stereocenters. The molecule has 0 aliphatic rings. The van der Waals surface area contributed by atoms with Crippen molar-refractivity contribution in [2.45, 2.75) is 6.54 Å². The van der Waals surface area contributed by atoms with E-state index < -0.39 is 8.80 Å². The third-order valence-electron chi connectivity index (χ3n) is 3.65. The molecule has 0 bridgehead atoms. The van der Waals surface area contributed by atoms with Crippen LogP contribution < -0.4 is 10.4 Å². The smallest absolute Gasteiger partial charge is 0.137 e. The van der Waals surface area contributed by atoms with Gasteiger partial charge in [-0.3, -0.25) is 0 Å². The van der Waals surface area contributed by atoms with Crippen molar-refractivity contribution in [3.05, 3.63) is 84.6 Å². The number of aromatic nitrogens is 3. The highest BCUT2D eigenvalue weighted by molar-refractivity contribution is 6.90. The van der Waals surface area contributed by atoms with Gasteiger partial charge in [-0.05, 0) is 24.3 Å². The first-order valence-corrected chi connectivity index (χ1v) is 8.87. The van der Waals surface area contributed by atoms with Crippen molar-refractivity contribution in [3.8, 4) is 0 Å². The fourth-order valence-corrected chi connectivity index (χ4v) is 5.44. The predicted molar refractivity (Wildman–Crippen MR) is 88.4 cm³/mol. The molecule has 0 saturated heterocycles. The van der Waals surface area contributed by atoms with Crippen LogP contribution in [0.25, 0.3) is 0 Å². The molecule has 0 unspecified atom stereocenters. The minimum Gasteiger partial charge on any atom is -0.249 e. The molecule has 23 heavy (non-hydrogen) atoms. The second-order valence-electron chi connectivity index (χ2n) is 5.29. The summed E-state index contributed by atoms with van der Waals surface area (Å²) in [4.78, 5) is 3.93. The highest BCUT2D eigenvalue weighted by Crippen LogP contribution is 2.06. The predicted octanol–water partition coefficient (Wildman–Crippen LogP) is 1.69. The molecule has 0 fully saturated rings. The van der Waals surface area contributed by atoms with Gasteiger partial charge in [-0.25, -0.2) is 18.4 Å². The van der Waals surface area contributed by atoms with Gasteiger partial charge >= 0.3 is 0 Å². The Labute approximate surface area is 134 Å². The van der Waals surface area contributed by atoms with E-state index >= 15 is 0 Å². The average molecular weight is 327 g/mol. The molecule has 3 rings (SSSR count). The van der Waals surface area contributed by atoms with Crippen molar-refractivity contribution in [1.82, 2.24) is 14.8 Å². The average Bonchev–Trinajstić information content (AvgIpc) is 3.04. The number of benzene rings is 2. The summed E-state index contributed by atoms with van der Waals surface area (Å²) >= 11 is 0. The Morgan fingerprint density at radius 2 is 1.48 bits per heavy atom. The second-order valence-corrected chi connectivity index (χ2v) is 8.30. The Kier molecular flexibility index (Phi) is 4.43. The van der Waals surface area contributed by atoms with E-state index in [1.54, 1.807) is 35.3 Å². The molecule has 0 amide bonds. The van der Waals surface area contributed by atoms with Crippen LogP contribution in [0.2, 0.25) is 0 Å². The van der Waals surface area contributed by atoms with Gasteiger partial charge < -0.3 is 0 Å². The maximum atomic E-state index is 13.2. The van der Waals surface area contributed by atoms with Crippen LogP contribution in [0, 0.1) is 11.6 Å². The Morgan fingerprint density at radius 3 is 1.91 bits per heavy atom. The quantitative estimate of drug-likeness (QED) is 0.668. The van der Waals surface area contributed by atoms with Crippen molar-refractivity contribution in [1.29, 1.82) is 0 Å². The summed E-state index contributed by atoms with van der Waals surface area (Å²) in [7, 11) is -1.85. The van der Waals surface area contributed by atoms with Crippen molar-refractivity contribution in [2.75, 3.05) is 0 Å². The monoisotopic (exact) mass is 327 g/mol. The van der Waals surface area contributed by atoms with E-state index in [0.717, 1.165) is 15.6 Å². The van der Waals surface area contributed by atoms with Gasteiger partial charge in [0, 0.05) is 0 Å². The van der Waals surface area contributed by atoms with Gasteiger partial charge in [0.15, 0.2) is 0 Å². The Balaban J connectivity index is 1.97. The van der Waals surface area contributed by atoms with Crippen molar-refractivity contribution in [2.24, 2.45) is 0 Å². The summed E-state index contributed by atoms with van der Waals surface area (Å²) in [5.74, 6) is -0.551. The van der Waals surface area contributed by atoms with Crippen molar-refractivity contribution < 1.29 is 8.78 Å². The molecule has 0 aliphatic heterocycles. The minimum atomic E-state index is -1.85. The van der Waals surface area contributed by atoms with Crippen LogP contribution in [-0.4, -0.2) is 23.6 Å². The van der Waals surface area contributed by atoms with E-state index in [9.17, 15) is 8.78 Å². The normalized spacial score (nSPS) is 10.9. The highest BCUT2D eigenvalue weighted by Gasteiger charge is 2.20. The summed E-state index contributed by atoms with van der Waals surface area (Å²) in [6, 6.07) is 12.9. The number of rotatable bonds is 5. The number of nitrogens with zero attached hydrogens (tertiary/aromatic N) is 3. The molecule has 3 nitrogen and oxygen atoms in total. The lowest BCUT2D eigenvalue weighted by Gasteiger charge is -2.19. The molecular formula is C17H15F2N3Si. The third kappa shape index (κ3) is 3.60. The maximum absolute atomic E-state index is 13.2. The number of hydrogen-bond donors (Lipinski definition) is 0. The first-order chi connectivity index (χ1) is 11.1. The molecule has 116 valence electrons. The SMILES string of the molecule is C=C(Cn1cncn1)[SiH](c1ccc(F)cc1)c1ccc(F)cc1. The van der Waals surface area contributed by atoms with Crippen LogP contribution in [0.3, 0.4) is 0 Å². The number of hydrogen-bond acceptors (Lipinski definition) is 2. The topological polar surface area (TPSA) is 30.7 Å². The molecular weight excluding hydrogens is 312 g/mol. The summed E-state index contributed by atoms with van der Waals surface area (Å²) < 4.78 is 28.2. The van der Waals surface area contributed by atoms with Crippen LogP contribution in [-0.2, 0) is 6.54 Å². The van der Waals surface area contributed by atoms with Gasteiger partial charge in [-0.1, -0.05) is 39.8 Å². The van der Waals surface area contributed by atoms with Gasteiger partial charge in [0.05, 0.1) is 6.54 Å². The molecule has 3 aromatic rings. The maximum Gasteiger partial charge on any atom is 0.137 e. The molecule has 1 heterocycles. The Bertz CT molecular complexity index is 738. The van der Waals surface area contributed by atoms with E-state index in [4.69, 9.17) is 0 Å². The van der Waals surface area contributed by atoms with Crippen LogP contribution in [0.1, 0.15) is 0 Å². The van der Waals surface area contributed by atoms with Crippen molar-refractivity contribution >= 4 is 19.2 Å². The fraction of sp³-hybridized carbons (Fsp3) is 0.0588. The zero-order valence-corrected chi connectivity index (χ0v) is 13.5. The molecule has 0 radical (unpaired) electrons. The zero-order chi connectivity index (χ0) is 16.2. The molecule has 6 heteroatoms. The minimum absolute atomic E-state index is 0.275. The first-order valence-electron chi connectivity index (χ1n) is 7.14. The van der Waals surface area contributed by atoms with E-state index in [0.29, 0.717) is 6.54 Å². The Morgan fingerprint density at radius 1 is 0.957 bits per heavy atom. The standard InChI is InChI=1S/C17H15F2N3Si/c1-13(10-22-12-20-11-21-22)23(16-6-2-14(18)3-7-16)17-8-4-15(19)5-9-17/h2-9,11-12,23H,1,10H2. The van der Waals surface area contributed by atoms with Gasteiger partial charge in [-0.2, -0.15) is 5.10 Å². The highest BCUT2D eigenvalue weighted by atomic mass is 28.3. The molecule has 2 aromatic carbocycles. The third-order valence-corrected chi connectivity index (χ3v) is 6.75. The first kappa shape index (κ1) is 15.3. The summed E-state index contributed by atoms with van der Waals surface area (Å²) in [6.45, 7) is 4.75.